The number of anilines is 1. The maximum Gasteiger partial charge on any atom is 0.262 e. The molecule has 0 saturated carbocycles. The molecule has 0 fully saturated rings. The van der Waals surface area contributed by atoms with Crippen molar-refractivity contribution in [3.63, 3.8) is 0 Å². The number of carbonyl (C=O) groups excluding carboxylic acids is 1. The summed E-state index contributed by atoms with van der Waals surface area (Å²) in [6, 6.07) is 23.6. The summed E-state index contributed by atoms with van der Waals surface area (Å²) in [6.07, 6.45) is 0. The molecule has 1 unspecified atom stereocenters. The number of nitrogens with one attached hydrogen (secondary N) is 2. The Morgan fingerprint density at radius 2 is 1.61 bits per heavy atom. The van der Waals surface area contributed by atoms with E-state index in [9.17, 15) is 4.79 Å². The number of ether oxygens (including phenoxy) is 2. The number of benzene rings is 3. The van der Waals surface area contributed by atoms with Gasteiger partial charge in [0.05, 0.1) is 6.61 Å². The minimum atomic E-state index is -0.229. The number of halogens is 1. The Bertz CT molecular complexity index is 981. The lowest BCUT2D eigenvalue weighted by Gasteiger charge is -2.18. The van der Waals surface area contributed by atoms with Crippen LogP contribution in [0.25, 0.3) is 0 Å². The van der Waals surface area contributed by atoms with Gasteiger partial charge in [0.25, 0.3) is 5.91 Å². The van der Waals surface area contributed by atoms with Gasteiger partial charge >= 0.3 is 0 Å². The summed E-state index contributed by atoms with van der Waals surface area (Å²) in [6.45, 7) is 5.11. The Morgan fingerprint density at radius 3 is 2.29 bits per heavy atom. The van der Waals surface area contributed by atoms with E-state index in [0.29, 0.717) is 24.7 Å². The summed E-state index contributed by atoms with van der Waals surface area (Å²) in [5, 5.41) is 6.34. The molecular formula is C25H27BrN2O3. The van der Waals surface area contributed by atoms with Crippen LogP contribution in [0.15, 0.2) is 77.3 Å². The van der Waals surface area contributed by atoms with Crippen LogP contribution < -0.4 is 20.1 Å². The Hall–Kier alpha value is -2.83. The predicted molar refractivity (Wildman–Crippen MR) is 128 cm³/mol. The maximum atomic E-state index is 12.2. The number of hydrogen-bond donors (Lipinski definition) is 2. The van der Waals surface area contributed by atoms with Crippen LogP contribution in [0.4, 0.5) is 5.69 Å². The van der Waals surface area contributed by atoms with Crippen LogP contribution in [0.5, 0.6) is 11.5 Å². The third kappa shape index (κ3) is 6.84. The molecule has 0 radical (unpaired) electrons. The van der Waals surface area contributed by atoms with Crippen molar-refractivity contribution in [2.75, 3.05) is 18.5 Å². The fourth-order valence-electron chi connectivity index (χ4n) is 3.08. The molecule has 2 N–H and O–H groups in total. The molecule has 6 heteroatoms. The van der Waals surface area contributed by atoms with E-state index in [1.165, 1.54) is 5.56 Å². The first-order valence-electron chi connectivity index (χ1n) is 10.3. The lowest BCUT2D eigenvalue weighted by atomic mass is 10.1. The highest BCUT2D eigenvalue weighted by atomic mass is 79.9. The van der Waals surface area contributed by atoms with Crippen LogP contribution in [0, 0.1) is 0 Å². The zero-order valence-electron chi connectivity index (χ0n) is 17.7. The van der Waals surface area contributed by atoms with E-state index >= 15 is 0 Å². The third-order valence-electron chi connectivity index (χ3n) is 4.73. The number of amides is 1. The first-order valence-corrected chi connectivity index (χ1v) is 11.1. The van der Waals surface area contributed by atoms with Crippen molar-refractivity contribution >= 4 is 27.5 Å². The summed E-state index contributed by atoms with van der Waals surface area (Å²) in [5.41, 5.74) is 3.01. The summed E-state index contributed by atoms with van der Waals surface area (Å²) in [4.78, 5) is 12.2. The second-order valence-corrected chi connectivity index (χ2v) is 7.89. The minimum absolute atomic E-state index is 0.107. The molecule has 0 aliphatic heterocycles. The summed E-state index contributed by atoms with van der Waals surface area (Å²) >= 11 is 3.62. The van der Waals surface area contributed by atoms with Gasteiger partial charge in [-0.1, -0.05) is 64.5 Å². The highest BCUT2D eigenvalue weighted by Gasteiger charge is 2.14. The number of para-hydroxylation sites is 1. The lowest BCUT2D eigenvalue weighted by Crippen LogP contribution is -2.20. The monoisotopic (exact) mass is 482 g/mol. The summed E-state index contributed by atoms with van der Waals surface area (Å²) < 4.78 is 12.4. The van der Waals surface area contributed by atoms with Crippen molar-refractivity contribution < 1.29 is 14.3 Å². The van der Waals surface area contributed by atoms with Gasteiger partial charge in [-0.05, 0) is 49.2 Å². The molecular weight excluding hydrogens is 456 g/mol. The average Bonchev–Trinajstić information content (AvgIpc) is 2.79. The van der Waals surface area contributed by atoms with Gasteiger partial charge in [-0.3, -0.25) is 4.79 Å². The van der Waals surface area contributed by atoms with Crippen molar-refractivity contribution in [2.45, 2.75) is 26.4 Å². The van der Waals surface area contributed by atoms with Gasteiger partial charge in [-0.15, -0.1) is 0 Å². The molecule has 0 aliphatic rings. The molecule has 3 aromatic rings. The standard InChI is InChI=1S/C25H27BrN2O3/c1-3-30-23-14-20(16-27-18(2)19-10-6-4-7-11-19)22(26)15-24(23)31-17-25(29)28-21-12-8-5-9-13-21/h4-15,18,27H,3,16-17H2,1-2H3,(H,28,29). The molecule has 31 heavy (non-hydrogen) atoms. The molecule has 0 saturated heterocycles. The van der Waals surface area contributed by atoms with E-state index in [4.69, 9.17) is 9.47 Å². The Balaban J connectivity index is 1.64. The Kier molecular flexibility index (Phi) is 8.50. The number of hydrogen-bond acceptors (Lipinski definition) is 4. The van der Waals surface area contributed by atoms with E-state index < -0.39 is 0 Å². The van der Waals surface area contributed by atoms with E-state index in [0.717, 1.165) is 15.7 Å². The van der Waals surface area contributed by atoms with Gasteiger partial charge in [0.1, 0.15) is 0 Å². The second kappa shape index (κ2) is 11.5. The first-order chi connectivity index (χ1) is 15.1. The van der Waals surface area contributed by atoms with Crippen molar-refractivity contribution in [3.05, 3.63) is 88.4 Å². The molecule has 0 heterocycles. The number of rotatable bonds is 10. The van der Waals surface area contributed by atoms with Crippen LogP contribution in [0.2, 0.25) is 0 Å². The predicted octanol–water partition coefficient (Wildman–Crippen LogP) is 5.72. The summed E-state index contributed by atoms with van der Waals surface area (Å²) in [7, 11) is 0. The smallest absolute Gasteiger partial charge is 0.262 e. The maximum absolute atomic E-state index is 12.2. The van der Waals surface area contributed by atoms with Gasteiger partial charge in [-0.2, -0.15) is 0 Å². The molecule has 162 valence electrons. The van der Waals surface area contributed by atoms with Gasteiger partial charge in [0.15, 0.2) is 18.1 Å². The highest BCUT2D eigenvalue weighted by molar-refractivity contribution is 9.10. The molecule has 3 aromatic carbocycles. The Labute approximate surface area is 191 Å². The average molecular weight is 483 g/mol. The van der Waals surface area contributed by atoms with Gasteiger partial charge < -0.3 is 20.1 Å². The quantitative estimate of drug-likeness (QED) is 0.388. The lowest BCUT2D eigenvalue weighted by molar-refractivity contribution is -0.118. The van der Waals surface area contributed by atoms with Gasteiger partial charge in [0, 0.05) is 22.7 Å². The van der Waals surface area contributed by atoms with Crippen molar-refractivity contribution in [1.29, 1.82) is 0 Å². The molecule has 1 atom stereocenters. The Morgan fingerprint density at radius 1 is 0.968 bits per heavy atom. The SMILES string of the molecule is CCOc1cc(CNC(C)c2ccccc2)c(Br)cc1OCC(=O)Nc1ccccc1. The van der Waals surface area contributed by atoms with Crippen molar-refractivity contribution in [3.8, 4) is 11.5 Å². The van der Waals surface area contributed by atoms with Crippen LogP contribution in [0.1, 0.15) is 31.0 Å². The molecule has 3 rings (SSSR count). The van der Waals surface area contributed by atoms with E-state index in [1.54, 1.807) is 0 Å². The normalized spacial score (nSPS) is 11.6. The van der Waals surface area contributed by atoms with Gasteiger partial charge in [0.2, 0.25) is 0 Å². The topological polar surface area (TPSA) is 59.6 Å². The van der Waals surface area contributed by atoms with Crippen LogP contribution in [-0.4, -0.2) is 19.1 Å². The molecule has 0 aromatic heterocycles. The zero-order valence-corrected chi connectivity index (χ0v) is 19.3. The first kappa shape index (κ1) is 22.8. The fraction of sp³-hybridized carbons (Fsp3) is 0.240. The highest BCUT2D eigenvalue weighted by Crippen LogP contribution is 2.34. The third-order valence-corrected chi connectivity index (χ3v) is 5.47. The molecule has 0 spiro atoms. The van der Waals surface area contributed by atoms with Gasteiger partial charge in [-0.25, -0.2) is 0 Å². The molecule has 0 aliphatic carbocycles. The van der Waals surface area contributed by atoms with Crippen LogP contribution >= 0.6 is 15.9 Å². The van der Waals surface area contributed by atoms with Crippen molar-refractivity contribution in [2.24, 2.45) is 0 Å². The minimum Gasteiger partial charge on any atom is -0.490 e. The molecule has 5 nitrogen and oxygen atoms in total. The molecule has 1 amide bonds. The van der Waals surface area contributed by atoms with E-state index in [2.05, 4.69) is 45.6 Å². The van der Waals surface area contributed by atoms with Crippen LogP contribution in [0.3, 0.4) is 0 Å². The largest absolute Gasteiger partial charge is 0.490 e. The second-order valence-electron chi connectivity index (χ2n) is 7.04. The zero-order chi connectivity index (χ0) is 22.1. The number of carbonyl (C=O) groups is 1. The van der Waals surface area contributed by atoms with Crippen LogP contribution in [-0.2, 0) is 11.3 Å². The fourth-order valence-corrected chi connectivity index (χ4v) is 3.54. The van der Waals surface area contributed by atoms with E-state index in [1.807, 2.05) is 67.6 Å². The molecule has 0 bridgehead atoms. The van der Waals surface area contributed by atoms with Crippen molar-refractivity contribution in [1.82, 2.24) is 5.32 Å². The van der Waals surface area contributed by atoms with E-state index in [-0.39, 0.29) is 18.6 Å². The summed E-state index contributed by atoms with van der Waals surface area (Å²) in [5.74, 6) is 0.909.